The van der Waals surface area contributed by atoms with Gasteiger partial charge in [-0.05, 0) is 25.8 Å². The number of ketones is 1. The molecule has 1 aliphatic heterocycles. The van der Waals surface area contributed by atoms with Crippen LogP contribution in [0.5, 0.6) is 0 Å². The van der Waals surface area contributed by atoms with Crippen LogP contribution in [0.2, 0.25) is 0 Å². The van der Waals surface area contributed by atoms with E-state index in [4.69, 9.17) is 5.14 Å². The highest BCUT2D eigenvalue weighted by atomic mass is 32.2. The number of nitrogens with two attached hydrogens (primary N) is 1. The summed E-state index contributed by atoms with van der Waals surface area (Å²) in [6.45, 7) is 3.91. The number of likely N-dealkylation sites (tertiary alicyclic amines) is 1. The monoisotopic (exact) mass is 234 g/mol. The van der Waals surface area contributed by atoms with Gasteiger partial charge in [-0.2, -0.15) is 0 Å². The third kappa shape index (κ3) is 5.25. The van der Waals surface area contributed by atoms with Crippen LogP contribution in [0.4, 0.5) is 0 Å². The summed E-state index contributed by atoms with van der Waals surface area (Å²) in [5, 5.41) is 4.98. The van der Waals surface area contributed by atoms with Crippen molar-refractivity contribution >= 4 is 15.8 Å². The Morgan fingerprint density at radius 1 is 1.53 bits per heavy atom. The highest BCUT2D eigenvalue weighted by molar-refractivity contribution is 7.89. The topological polar surface area (TPSA) is 80.5 Å². The SMILES string of the molecule is CC(=O)CCN1CCC(CS(N)(=O)=O)C1. The number of carbonyl (C=O) groups excluding carboxylic acids is 1. The zero-order chi connectivity index (χ0) is 11.5. The average molecular weight is 234 g/mol. The van der Waals surface area contributed by atoms with Crippen molar-refractivity contribution in [2.24, 2.45) is 11.1 Å². The van der Waals surface area contributed by atoms with Crippen LogP contribution in [0, 0.1) is 5.92 Å². The lowest BCUT2D eigenvalue weighted by atomic mass is 10.2. The van der Waals surface area contributed by atoms with Crippen LogP contribution in [0.25, 0.3) is 0 Å². The molecule has 1 heterocycles. The molecule has 1 fully saturated rings. The molecule has 0 radical (unpaired) electrons. The minimum absolute atomic E-state index is 0.0591. The highest BCUT2D eigenvalue weighted by Crippen LogP contribution is 2.17. The number of hydrogen-bond acceptors (Lipinski definition) is 4. The fourth-order valence-electron chi connectivity index (χ4n) is 1.90. The van der Waals surface area contributed by atoms with E-state index in [0.717, 1.165) is 26.1 Å². The second kappa shape index (κ2) is 5.05. The van der Waals surface area contributed by atoms with Crippen LogP contribution < -0.4 is 5.14 Å². The number of hydrogen-bond donors (Lipinski definition) is 1. The van der Waals surface area contributed by atoms with Crippen molar-refractivity contribution in [3.8, 4) is 0 Å². The fraction of sp³-hybridized carbons (Fsp3) is 0.889. The molecule has 1 rings (SSSR count). The van der Waals surface area contributed by atoms with E-state index in [2.05, 4.69) is 4.90 Å². The van der Waals surface area contributed by atoms with Crippen molar-refractivity contribution < 1.29 is 13.2 Å². The third-order valence-electron chi connectivity index (χ3n) is 2.62. The Balaban J connectivity index is 2.30. The summed E-state index contributed by atoms with van der Waals surface area (Å²) in [5.74, 6) is 0.362. The van der Waals surface area contributed by atoms with Gasteiger partial charge in [0.2, 0.25) is 10.0 Å². The van der Waals surface area contributed by atoms with Crippen molar-refractivity contribution in [3.05, 3.63) is 0 Å². The first-order chi connectivity index (χ1) is 6.87. The molecule has 1 atom stereocenters. The van der Waals surface area contributed by atoms with Gasteiger partial charge in [0.25, 0.3) is 0 Å². The van der Waals surface area contributed by atoms with Gasteiger partial charge in [-0.3, -0.25) is 4.79 Å². The second-order valence-corrected chi connectivity index (χ2v) is 5.90. The lowest BCUT2D eigenvalue weighted by Crippen LogP contribution is -2.27. The first-order valence-corrected chi connectivity index (χ1v) is 6.80. The van der Waals surface area contributed by atoms with Gasteiger partial charge in [0.15, 0.2) is 0 Å². The van der Waals surface area contributed by atoms with Gasteiger partial charge in [0.05, 0.1) is 5.75 Å². The van der Waals surface area contributed by atoms with E-state index < -0.39 is 10.0 Å². The Kier molecular flexibility index (Phi) is 4.24. The molecule has 5 nitrogen and oxygen atoms in total. The molecule has 0 aromatic rings. The molecule has 0 spiro atoms. The molecule has 1 saturated heterocycles. The number of nitrogens with zero attached hydrogens (tertiary/aromatic N) is 1. The number of carbonyl (C=O) groups is 1. The van der Waals surface area contributed by atoms with Gasteiger partial charge in [-0.25, -0.2) is 13.6 Å². The summed E-state index contributed by atoms with van der Waals surface area (Å²) in [4.78, 5) is 12.9. The molecule has 0 saturated carbocycles. The van der Waals surface area contributed by atoms with E-state index in [9.17, 15) is 13.2 Å². The predicted molar refractivity (Wildman–Crippen MR) is 57.8 cm³/mol. The van der Waals surface area contributed by atoms with Gasteiger partial charge >= 0.3 is 0 Å². The summed E-state index contributed by atoms with van der Waals surface area (Å²) in [7, 11) is -3.36. The first kappa shape index (κ1) is 12.6. The minimum Gasteiger partial charge on any atom is -0.303 e. The smallest absolute Gasteiger partial charge is 0.209 e. The molecule has 6 heteroatoms. The maximum absolute atomic E-state index is 10.9. The maximum atomic E-state index is 10.9. The van der Waals surface area contributed by atoms with Gasteiger partial charge in [-0.15, -0.1) is 0 Å². The molecule has 0 aromatic heterocycles. The summed E-state index contributed by atoms with van der Waals surface area (Å²) in [6.07, 6.45) is 1.40. The lowest BCUT2D eigenvalue weighted by molar-refractivity contribution is -0.117. The van der Waals surface area contributed by atoms with Crippen LogP contribution in [0.1, 0.15) is 19.8 Å². The van der Waals surface area contributed by atoms with Gasteiger partial charge in [-0.1, -0.05) is 0 Å². The number of primary sulfonamides is 1. The highest BCUT2D eigenvalue weighted by Gasteiger charge is 2.25. The van der Waals surface area contributed by atoms with Crippen molar-refractivity contribution in [3.63, 3.8) is 0 Å². The molecule has 1 aliphatic rings. The average Bonchev–Trinajstić information content (AvgIpc) is 2.45. The molecule has 2 N–H and O–H groups in total. The maximum Gasteiger partial charge on any atom is 0.209 e. The van der Waals surface area contributed by atoms with Crippen LogP contribution in [-0.2, 0) is 14.8 Å². The molecule has 0 aliphatic carbocycles. The standard InChI is InChI=1S/C9H18N2O3S/c1-8(12)2-4-11-5-3-9(6-11)7-15(10,13)14/h9H,2-7H2,1H3,(H2,10,13,14). The van der Waals surface area contributed by atoms with Crippen LogP contribution >= 0.6 is 0 Å². The Morgan fingerprint density at radius 3 is 2.73 bits per heavy atom. The zero-order valence-corrected chi connectivity index (χ0v) is 9.79. The fourth-order valence-corrected chi connectivity index (χ4v) is 2.83. The minimum atomic E-state index is -3.36. The van der Waals surface area contributed by atoms with Crippen molar-refractivity contribution in [2.75, 3.05) is 25.4 Å². The van der Waals surface area contributed by atoms with E-state index in [-0.39, 0.29) is 17.5 Å². The van der Waals surface area contributed by atoms with Gasteiger partial charge < -0.3 is 4.90 Å². The molecular weight excluding hydrogens is 216 g/mol. The van der Waals surface area contributed by atoms with Crippen LogP contribution in [0.3, 0.4) is 0 Å². The Morgan fingerprint density at radius 2 is 2.20 bits per heavy atom. The summed E-state index contributed by atoms with van der Waals surface area (Å²) >= 11 is 0. The van der Waals surface area contributed by atoms with Crippen LogP contribution in [0.15, 0.2) is 0 Å². The molecule has 88 valence electrons. The van der Waals surface area contributed by atoms with E-state index in [1.54, 1.807) is 6.92 Å². The molecule has 0 amide bonds. The third-order valence-corrected chi connectivity index (χ3v) is 3.55. The van der Waals surface area contributed by atoms with Crippen LogP contribution in [-0.4, -0.2) is 44.5 Å². The van der Waals surface area contributed by atoms with E-state index in [1.807, 2.05) is 0 Å². The predicted octanol–water partition coefficient (Wildman–Crippen LogP) is -0.424. The molecule has 0 bridgehead atoms. The first-order valence-electron chi connectivity index (χ1n) is 5.09. The Hall–Kier alpha value is -0.460. The van der Waals surface area contributed by atoms with Crippen molar-refractivity contribution in [1.29, 1.82) is 0 Å². The van der Waals surface area contributed by atoms with Crippen molar-refractivity contribution in [1.82, 2.24) is 4.90 Å². The van der Waals surface area contributed by atoms with Gasteiger partial charge in [0.1, 0.15) is 5.78 Å². The molecule has 0 aromatic carbocycles. The summed E-state index contributed by atoms with van der Waals surface area (Å²) in [6, 6.07) is 0. The van der Waals surface area contributed by atoms with E-state index in [1.165, 1.54) is 0 Å². The lowest BCUT2D eigenvalue weighted by Gasteiger charge is -2.14. The molecule has 1 unspecified atom stereocenters. The number of sulfonamides is 1. The molecular formula is C9H18N2O3S. The molecule has 15 heavy (non-hydrogen) atoms. The Labute approximate surface area is 90.7 Å². The Bertz CT molecular complexity index is 326. The number of rotatable bonds is 5. The van der Waals surface area contributed by atoms with Crippen molar-refractivity contribution in [2.45, 2.75) is 19.8 Å². The van der Waals surface area contributed by atoms with E-state index in [0.29, 0.717) is 6.42 Å². The van der Waals surface area contributed by atoms with E-state index >= 15 is 0 Å². The number of Topliss-reactive ketones (excluding diaryl/α,β-unsaturated/α-hetero) is 1. The van der Waals surface area contributed by atoms with Gasteiger partial charge in [0, 0.05) is 19.5 Å². The summed E-state index contributed by atoms with van der Waals surface area (Å²) < 4.78 is 21.7. The quantitative estimate of drug-likeness (QED) is 0.700. The largest absolute Gasteiger partial charge is 0.303 e. The normalized spacial score (nSPS) is 23.2. The second-order valence-electron chi connectivity index (χ2n) is 4.24. The zero-order valence-electron chi connectivity index (χ0n) is 8.98. The summed E-state index contributed by atoms with van der Waals surface area (Å²) in [5.41, 5.74) is 0.